The van der Waals surface area contributed by atoms with Crippen molar-refractivity contribution < 1.29 is 9.53 Å². The molecule has 10 heteroatoms. The monoisotopic (exact) mass is 499 g/mol. The number of fused-ring (bicyclic) bond motifs is 1. The summed E-state index contributed by atoms with van der Waals surface area (Å²) >= 11 is 3.48. The molecule has 0 spiro atoms. The van der Waals surface area contributed by atoms with Crippen molar-refractivity contribution in [3.63, 3.8) is 0 Å². The van der Waals surface area contributed by atoms with Crippen molar-refractivity contribution in [1.82, 2.24) is 24.8 Å². The Morgan fingerprint density at radius 1 is 1.25 bits per heavy atom. The third-order valence-electron chi connectivity index (χ3n) is 5.38. The van der Waals surface area contributed by atoms with Crippen LogP contribution in [0.25, 0.3) is 11.0 Å². The minimum atomic E-state index is -0.150. The van der Waals surface area contributed by atoms with Gasteiger partial charge >= 0.3 is 5.97 Å². The van der Waals surface area contributed by atoms with Gasteiger partial charge in [0, 0.05) is 16.7 Å². The quantitative estimate of drug-likeness (QED) is 0.449. The zero-order valence-corrected chi connectivity index (χ0v) is 19.5. The number of piperidine rings is 1. The largest absolute Gasteiger partial charge is 0.465 e. The maximum absolute atomic E-state index is 11.7. The summed E-state index contributed by atoms with van der Waals surface area (Å²) in [6.07, 6.45) is 5.24. The smallest absolute Gasteiger partial charge is 0.320 e. The van der Waals surface area contributed by atoms with E-state index in [9.17, 15) is 4.79 Å². The molecule has 9 nitrogen and oxygen atoms in total. The molecule has 0 saturated carbocycles. The number of rotatable bonds is 8. The van der Waals surface area contributed by atoms with E-state index in [-0.39, 0.29) is 5.97 Å². The second kappa shape index (κ2) is 10.6. The Morgan fingerprint density at radius 2 is 2.09 bits per heavy atom. The molecule has 0 unspecified atom stereocenters. The summed E-state index contributed by atoms with van der Waals surface area (Å²) < 4.78 is 6.02. The molecule has 1 aliphatic heterocycles. The Hall–Kier alpha value is -2.85. The summed E-state index contributed by atoms with van der Waals surface area (Å²) in [6.45, 7) is 5.18. The number of nitrogens with zero attached hydrogens (tertiary/aromatic N) is 5. The number of carbonyl (C=O) groups is 1. The summed E-state index contributed by atoms with van der Waals surface area (Å²) in [5.41, 5.74) is 2.24. The van der Waals surface area contributed by atoms with E-state index in [2.05, 4.69) is 51.4 Å². The molecule has 168 valence electrons. The van der Waals surface area contributed by atoms with Crippen LogP contribution in [0.4, 0.5) is 17.5 Å². The third kappa shape index (κ3) is 5.89. The van der Waals surface area contributed by atoms with Crippen LogP contribution >= 0.6 is 15.9 Å². The lowest BCUT2D eigenvalue weighted by Crippen LogP contribution is -2.39. The minimum Gasteiger partial charge on any atom is -0.465 e. The van der Waals surface area contributed by atoms with E-state index in [0.29, 0.717) is 41.9 Å². The standard InChI is InChI=1S/C22H26BrN7O2/c1-2-32-19(31)13-30-8-6-15(7-9-30)11-24-22-25-12-18-20(29-22)21(27-14-26-18)28-17-5-3-4-16(23)10-17/h3-5,10,12,14-15H,2,6-9,11,13H2,1H3,(H,24,25,29)(H,26,27,28). The number of aromatic nitrogens is 4. The van der Waals surface area contributed by atoms with E-state index < -0.39 is 0 Å². The average Bonchev–Trinajstić information content (AvgIpc) is 2.79. The minimum absolute atomic E-state index is 0.150. The first-order valence-electron chi connectivity index (χ1n) is 10.7. The molecular formula is C22H26BrN7O2. The zero-order valence-electron chi connectivity index (χ0n) is 17.9. The van der Waals surface area contributed by atoms with Gasteiger partial charge in [-0.2, -0.15) is 0 Å². The van der Waals surface area contributed by atoms with Crippen LogP contribution in [-0.2, 0) is 9.53 Å². The van der Waals surface area contributed by atoms with Crippen molar-refractivity contribution in [2.45, 2.75) is 19.8 Å². The number of nitrogens with one attached hydrogen (secondary N) is 2. The predicted octanol–water partition coefficient (Wildman–Crippen LogP) is 3.61. The topological polar surface area (TPSA) is 105 Å². The molecule has 0 aliphatic carbocycles. The van der Waals surface area contributed by atoms with E-state index in [1.807, 2.05) is 31.2 Å². The lowest BCUT2D eigenvalue weighted by Gasteiger charge is -2.31. The van der Waals surface area contributed by atoms with Crippen LogP contribution in [0.15, 0.2) is 41.3 Å². The second-order valence-electron chi connectivity index (χ2n) is 7.69. The molecule has 32 heavy (non-hydrogen) atoms. The molecule has 1 fully saturated rings. The van der Waals surface area contributed by atoms with E-state index in [1.54, 1.807) is 6.20 Å². The number of hydrogen-bond acceptors (Lipinski definition) is 9. The van der Waals surface area contributed by atoms with Gasteiger partial charge in [-0.25, -0.2) is 19.9 Å². The van der Waals surface area contributed by atoms with Gasteiger partial charge in [-0.05, 0) is 57.0 Å². The first-order valence-corrected chi connectivity index (χ1v) is 11.5. The van der Waals surface area contributed by atoms with Crippen LogP contribution < -0.4 is 10.6 Å². The molecular weight excluding hydrogens is 474 g/mol. The highest BCUT2D eigenvalue weighted by Crippen LogP contribution is 2.24. The highest BCUT2D eigenvalue weighted by molar-refractivity contribution is 9.10. The van der Waals surface area contributed by atoms with Crippen LogP contribution in [0.1, 0.15) is 19.8 Å². The van der Waals surface area contributed by atoms with Crippen LogP contribution in [0.5, 0.6) is 0 Å². The van der Waals surface area contributed by atoms with Crippen LogP contribution in [-0.4, -0.2) is 63.6 Å². The van der Waals surface area contributed by atoms with Gasteiger partial charge in [-0.1, -0.05) is 22.0 Å². The molecule has 1 saturated heterocycles. The summed E-state index contributed by atoms with van der Waals surface area (Å²) in [5.74, 6) is 1.53. The highest BCUT2D eigenvalue weighted by atomic mass is 79.9. The van der Waals surface area contributed by atoms with Gasteiger partial charge in [0.25, 0.3) is 0 Å². The van der Waals surface area contributed by atoms with Gasteiger partial charge in [0.1, 0.15) is 17.4 Å². The lowest BCUT2D eigenvalue weighted by molar-refractivity contribution is -0.144. The Labute approximate surface area is 195 Å². The summed E-state index contributed by atoms with van der Waals surface area (Å²) in [7, 11) is 0. The predicted molar refractivity (Wildman–Crippen MR) is 127 cm³/mol. The van der Waals surface area contributed by atoms with Gasteiger partial charge in [-0.3, -0.25) is 9.69 Å². The maximum atomic E-state index is 11.7. The normalized spacial score (nSPS) is 14.9. The number of hydrogen-bond donors (Lipinski definition) is 2. The van der Waals surface area contributed by atoms with Crippen LogP contribution in [0.3, 0.4) is 0 Å². The van der Waals surface area contributed by atoms with Crippen molar-refractivity contribution in [2.24, 2.45) is 5.92 Å². The van der Waals surface area contributed by atoms with Gasteiger partial charge in [0.2, 0.25) is 5.95 Å². The molecule has 1 aliphatic rings. The average molecular weight is 500 g/mol. The van der Waals surface area contributed by atoms with E-state index in [1.165, 1.54) is 6.33 Å². The Kier molecular flexibility index (Phi) is 7.43. The Balaban J connectivity index is 1.36. The third-order valence-corrected chi connectivity index (χ3v) is 5.87. The summed E-state index contributed by atoms with van der Waals surface area (Å²) in [5, 5.41) is 6.67. The van der Waals surface area contributed by atoms with Crippen molar-refractivity contribution in [2.75, 3.05) is 43.4 Å². The Morgan fingerprint density at radius 3 is 2.88 bits per heavy atom. The maximum Gasteiger partial charge on any atom is 0.320 e. The number of esters is 1. The highest BCUT2D eigenvalue weighted by Gasteiger charge is 2.21. The van der Waals surface area contributed by atoms with Crippen molar-refractivity contribution >= 4 is 50.4 Å². The first-order chi connectivity index (χ1) is 15.6. The molecule has 1 aromatic carbocycles. The van der Waals surface area contributed by atoms with Crippen molar-refractivity contribution in [3.8, 4) is 0 Å². The Bertz CT molecular complexity index is 1070. The number of ether oxygens (including phenoxy) is 1. The first kappa shape index (κ1) is 22.3. The second-order valence-corrected chi connectivity index (χ2v) is 8.61. The zero-order chi connectivity index (χ0) is 22.3. The number of likely N-dealkylation sites (tertiary alicyclic amines) is 1. The van der Waals surface area contributed by atoms with Crippen LogP contribution in [0.2, 0.25) is 0 Å². The van der Waals surface area contributed by atoms with Crippen molar-refractivity contribution in [1.29, 1.82) is 0 Å². The fourth-order valence-corrected chi connectivity index (χ4v) is 4.11. The molecule has 0 radical (unpaired) electrons. The molecule has 3 aromatic rings. The molecule has 2 N–H and O–H groups in total. The molecule has 0 amide bonds. The van der Waals surface area contributed by atoms with Crippen LogP contribution in [0, 0.1) is 5.92 Å². The van der Waals surface area contributed by atoms with Gasteiger partial charge in [0.15, 0.2) is 5.82 Å². The van der Waals surface area contributed by atoms with E-state index >= 15 is 0 Å². The fraction of sp³-hybridized carbons (Fsp3) is 0.409. The number of benzene rings is 1. The number of carbonyl (C=O) groups excluding carboxylic acids is 1. The lowest BCUT2D eigenvalue weighted by atomic mass is 9.97. The molecule has 4 rings (SSSR count). The van der Waals surface area contributed by atoms with E-state index in [4.69, 9.17) is 4.74 Å². The fourth-order valence-electron chi connectivity index (χ4n) is 3.71. The molecule has 2 aromatic heterocycles. The number of anilines is 3. The molecule has 3 heterocycles. The summed E-state index contributed by atoms with van der Waals surface area (Å²) in [4.78, 5) is 31.5. The van der Waals surface area contributed by atoms with E-state index in [0.717, 1.165) is 42.6 Å². The van der Waals surface area contributed by atoms with Gasteiger partial charge in [0.05, 0.1) is 19.3 Å². The molecule has 0 atom stereocenters. The van der Waals surface area contributed by atoms with Gasteiger partial charge in [-0.15, -0.1) is 0 Å². The number of halogens is 1. The van der Waals surface area contributed by atoms with Crippen molar-refractivity contribution in [3.05, 3.63) is 41.3 Å². The summed E-state index contributed by atoms with van der Waals surface area (Å²) in [6, 6.07) is 7.86. The van der Waals surface area contributed by atoms with Gasteiger partial charge < -0.3 is 15.4 Å². The SMILES string of the molecule is CCOC(=O)CN1CCC(CNc2ncc3ncnc(Nc4cccc(Br)c4)c3n2)CC1. The molecule has 0 bridgehead atoms.